The van der Waals surface area contributed by atoms with Gasteiger partial charge in [-0.25, -0.2) is 9.97 Å². The van der Waals surface area contributed by atoms with Gasteiger partial charge in [-0.1, -0.05) is 34.6 Å². The Hall–Kier alpha value is -0.870. The van der Waals surface area contributed by atoms with Gasteiger partial charge in [-0.2, -0.15) is 0 Å². The van der Waals surface area contributed by atoms with E-state index in [-0.39, 0.29) is 0 Å². The number of hydrogen-bond donors (Lipinski definition) is 1. The molecule has 5 heteroatoms. The fourth-order valence-corrected chi connectivity index (χ4v) is 3.90. The summed E-state index contributed by atoms with van der Waals surface area (Å²) in [5, 5.41) is 4.91. The predicted octanol–water partition coefficient (Wildman–Crippen LogP) is 5.25. The van der Waals surface area contributed by atoms with Gasteiger partial charge in [-0.3, -0.25) is 0 Å². The molecule has 0 bridgehead atoms. The molecule has 0 aliphatic carbocycles. The summed E-state index contributed by atoms with van der Waals surface area (Å²) >= 11 is 7.76. The van der Waals surface area contributed by atoms with Crippen molar-refractivity contribution in [2.45, 2.75) is 41.0 Å². The summed E-state index contributed by atoms with van der Waals surface area (Å²) in [6, 6.07) is 2.18. The van der Waals surface area contributed by atoms with Crippen molar-refractivity contribution in [1.82, 2.24) is 9.97 Å². The SMILES string of the molecule is CCc1cc2c(NCC(C(C)C)C(C)C)nc(Cl)nc2s1. The molecule has 2 aromatic rings. The van der Waals surface area contributed by atoms with Crippen LogP contribution in [0.3, 0.4) is 0 Å². The lowest BCUT2D eigenvalue weighted by Gasteiger charge is -2.25. The van der Waals surface area contributed by atoms with Crippen LogP contribution in [0.15, 0.2) is 6.07 Å². The second kappa shape index (κ2) is 6.93. The molecule has 116 valence electrons. The monoisotopic (exact) mass is 325 g/mol. The summed E-state index contributed by atoms with van der Waals surface area (Å²) in [4.78, 5) is 11.0. The lowest BCUT2D eigenvalue weighted by Crippen LogP contribution is -2.25. The molecule has 0 amide bonds. The van der Waals surface area contributed by atoms with Crippen LogP contribution in [0.2, 0.25) is 5.28 Å². The van der Waals surface area contributed by atoms with Crippen molar-refractivity contribution in [3.8, 4) is 0 Å². The van der Waals surface area contributed by atoms with Crippen LogP contribution < -0.4 is 5.32 Å². The zero-order valence-electron chi connectivity index (χ0n) is 13.4. The van der Waals surface area contributed by atoms with Crippen LogP contribution in [-0.2, 0) is 6.42 Å². The average Bonchev–Trinajstić information content (AvgIpc) is 2.80. The van der Waals surface area contributed by atoms with Gasteiger partial charge < -0.3 is 5.32 Å². The summed E-state index contributed by atoms with van der Waals surface area (Å²) in [6.45, 7) is 12.2. The van der Waals surface area contributed by atoms with Gasteiger partial charge in [0.2, 0.25) is 5.28 Å². The molecule has 0 atom stereocenters. The number of nitrogens with zero attached hydrogens (tertiary/aromatic N) is 2. The van der Waals surface area contributed by atoms with Gasteiger partial charge in [0.15, 0.2) is 0 Å². The molecule has 0 aliphatic heterocycles. The Balaban J connectivity index is 2.26. The molecule has 2 heterocycles. The third-order valence-corrected chi connectivity index (χ3v) is 5.33. The smallest absolute Gasteiger partial charge is 0.225 e. The molecule has 0 fully saturated rings. The van der Waals surface area contributed by atoms with Gasteiger partial charge in [0.05, 0.1) is 5.39 Å². The number of anilines is 1. The highest BCUT2D eigenvalue weighted by Crippen LogP contribution is 2.31. The molecule has 21 heavy (non-hydrogen) atoms. The molecule has 0 saturated carbocycles. The zero-order chi connectivity index (χ0) is 15.6. The Morgan fingerprint density at radius 1 is 1.19 bits per heavy atom. The summed E-state index contributed by atoms with van der Waals surface area (Å²) in [5.74, 6) is 2.75. The molecular formula is C16H24ClN3S. The Morgan fingerprint density at radius 2 is 1.86 bits per heavy atom. The van der Waals surface area contributed by atoms with Crippen LogP contribution in [0.5, 0.6) is 0 Å². The number of thiophene rings is 1. The van der Waals surface area contributed by atoms with Gasteiger partial charge in [-0.05, 0) is 41.8 Å². The molecule has 3 nitrogen and oxygen atoms in total. The number of aryl methyl sites for hydroxylation is 1. The van der Waals surface area contributed by atoms with E-state index in [2.05, 4.69) is 56.0 Å². The minimum absolute atomic E-state index is 0.320. The molecule has 0 spiro atoms. The van der Waals surface area contributed by atoms with E-state index in [0.29, 0.717) is 23.0 Å². The quantitative estimate of drug-likeness (QED) is 0.737. The lowest BCUT2D eigenvalue weighted by atomic mass is 9.85. The minimum atomic E-state index is 0.320. The number of rotatable bonds is 6. The molecule has 0 aromatic carbocycles. The Bertz CT molecular complexity index is 599. The van der Waals surface area contributed by atoms with Crippen LogP contribution in [0.25, 0.3) is 10.2 Å². The number of nitrogens with one attached hydrogen (secondary N) is 1. The van der Waals surface area contributed by atoms with Gasteiger partial charge in [0.25, 0.3) is 0 Å². The van der Waals surface area contributed by atoms with Crippen molar-refractivity contribution in [2.75, 3.05) is 11.9 Å². The van der Waals surface area contributed by atoms with Crippen LogP contribution >= 0.6 is 22.9 Å². The number of aromatic nitrogens is 2. The van der Waals surface area contributed by atoms with Crippen LogP contribution in [-0.4, -0.2) is 16.5 Å². The van der Waals surface area contributed by atoms with E-state index in [4.69, 9.17) is 11.6 Å². The maximum atomic E-state index is 6.06. The molecule has 0 unspecified atom stereocenters. The van der Waals surface area contributed by atoms with Crippen LogP contribution in [0.1, 0.15) is 39.5 Å². The second-order valence-corrected chi connectivity index (χ2v) is 7.61. The Kier molecular flexibility index (Phi) is 5.44. The topological polar surface area (TPSA) is 37.8 Å². The van der Waals surface area contributed by atoms with E-state index < -0.39 is 0 Å². The molecular weight excluding hydrogens is 302 g/mol. The summed E-state index contributed by atoms with van der Waals surface area (Å²) < 4.78 is 0. The Labute approximate surface area is 136 Å². The second-order valence-electron chi connectivity index (χ2n) is 6.16. The molecule has 2 aromatic heterocycles. The molecule has 0 aliphatic rings. The summed E-state index contributed by atoms with van der Waals surface area (Å²) in [5.41, 5.74) is 0. The number of fused-ring (bicyclic) bond motifs is 1. The highest BCUT2D eigenvalue weighted by Gasteiger charge is 2.18. The van der Waals surface area contributed by atoms with Gasteiger partial charge in [0, 0.05) is 11.4 Å². The molecule has 2 rings (SSSR count). The van der Waals surface area contributed by atoms with Crippen molar-refractivity contribution in [2.24, 2.45) is 17.8 Å². The highest BCUT2D eigenvalue weighted by molar-refractivity contribution is 7.18. The maximum Gasteiger partial charge on any atom is 0.225 e. The van der Waals surface area contributed by atoms with Crippen molar-refractivity contribution in [1.29, 1.82) is 0 Å². The predicted molar refractivity (Wildman–Crippen MR) is 93.5 cm³/mol. The van der Waals surface area contributed by atoms with E-state index in [1.165, 1.54) is 4.88 Å². The van der Waals surface area contributed by atoms with E-state index in [1.54, 1.807) is 11.3 Å². The number of hydrogen-bond acceptors (Lipinski definition) is 4. The minimum Gasteiger partial charge on any atom is -0.369 e. The van der Waals surface area contributed by atoms with Gasteiger partial charge in [-0.15, -0.1) is 11.3 Å². The third kappa shape index (κ3) is 3.86. The first-order valence-corrected chi connectivity index (χ1v) is 8.81. The maximum absolute atomic E-state index is 6.06. The first-order valence-electron chi connectivity index (χ1n) is 7.62. The Morgan fingerprint density at radius 3 is 2.43 bits per heavy atom. The fraction of sp³-hybridized carbons (Fsp3) is 0.625. The van der Waals surface area contributed by atoms with Crippen molar-refractivity contribution in [3.63, 3.8) is 0 Å². The van der Waals surface area contributed by atoms with E-state index in [9.17, 15) is 0 Å². The normalized spacial score (nSPS) is 12.0. The third-order valence-electron chi connectivity index (χ3n) is 3.98. The lowest BCUT2D eigenvalue weighted by molar-refractivity contribution is 0.304. The molecule has 0 saturated heterocycles. The van der Waals surface area contributed by atoms with Crippen LogP contribution in [0, 0.1) is 17.8 Å². The van der Waals surface area contributed by atoms with Crippen LogP contribution in [0.4, 0.5) is 5.82 Å². The van der Waals surface area contributed by atoms with Gasteiger partial charge in [0.1, 0.15) is 10.6 Å². The first kappa shape index (κ1) is 16.5. The van der Waals surface area contributed by atoms with Crippen molar-refractivity contribution in [3.05, 3.63) is 16.2 Å². The van der Waals surface area contributed by atoms with E-state index in [0.717, 1.165) is 29.0 Å². The summed E-state index contributed by atoms with van der Waals surface area (Å²) in [7, 11) is 0. The number of halogens is 1. The molecule has 1 N–H and O–H groups in total. The van der Waals surface area contributed by atoms with E-state index >= 15 is 0 Å². The standard InChI is InChI=1S/C16H24ClN3S/c1-6-11-7-12-14(19-16(17)20-15(12)21-11)18-8-13(9(2)3)10(4)5/h7,9-10,13H,6,8H2,1-5H3,(H,18,19,20). The van der Waals surface area contributed by atoms with Crippen molar-refractivity contribution < 1.29 is 0 Å². The zero-order valence-corrected chi connectivity index (χ0v) is 15.0. The van der Waals surface area contributed by atoms with E-state index in [1.807, 2.05) is 0 Å². The largest absolute Gasteiger partial charge is 0.369 e. The molecule has 0 radical (unpaired) electrons. The average molecular weight is 326 g/mol. The fourth-order valence-electron chi connectivity index (χ4n) is 2.71. The summed E-state index contributed by atoms with van der Waals surface area (Å²) in [6.07, 6.45) is 1.01. The highest BCUT2D eigenvalue weighted by atomic mass is 35.5. The van der Waals surface area contributed by atoms with Crippen molar-refractivity contribution >= 4 is 39.0 Å². The van der Waals surface area contributed by atoms with Gasteiger partial charge >= 0.3 is 0 Å². The first-order chi connectivity index (χ1) is 9.92.